The van der Waals surface area contributed by atoms with Gasteiger partial charge < -0.3 is 31.2 Å². The molecule has 1 amide bonds. The first-order valence-corrected chi connectivity index (χ1v) is 39.9. The Labute approximate surface area is 565 Å². The van der Waals surface area contributed by atoms with Crippen LogP contribution in [0.4, 0.5) is 0 Å². The lowest BCUT2D eigenvalue weighted by molar-refractivity contribution is -0.122. The Morgan fingerprint density at radius 3 is 1.38 bits per heavy atom. The molecule has 88 heavy (non-hydrogen) atoms. The normalized spacial score (nSPS) is 28.2. The highest BCUT2D eigenvalue weighted by atomic mass is 32.2. The zero-order valence-electron chi connectivity index (χ0n) is 50.9. The molecule has 0 bridgehead atoms. The molecule has 9 unspecified atom stereocenters. The first kappa shape index (κ1) is 84.3. The second-order valence-corrected chi connectivity index (χ2v) is 33.5. The maximum absolute atomic E-state index is 10.9. The molecule has 0 aromatic heterocycles. The number of hydrogen-bond donors (Lipinski definition) is 5. The van der Waals surface area contributed by atoms with E-state index in [0.717, 1.165) is 160 Å². The Balaban J connectivity index is 0.000000485. The Morgan fingerprint density at radius 1 is 0.625 bits per heavy atom. The smallest absolute Gasteiger partial charge is 0.218 e. The number of thioether (sulfide) groups is 11. The van der Waals surface area contributed by atoms with Gasteiger partial charge in [0.15, 0.2) is 30.7 Å². The first-order chi connectivity index (χ1) is 41.8. The summed E-state index contributed by atoms with van der Waals surface area (Å²) in [5.74, 6) is 9.06. The SMILES string of the molecule is CC(=O)NC1CCSC1=O.CC1(C)CCSC1=O.CC1CCC(=O)S1.CCC1CCSC1=O.CCCC1CCSC1=O.N#CC1CCSC1=O.NC1CCSC1=O.O=C1SCC/C1=C/O.O=C1SCCC1CO.O=C1SCCC1O.O=CC1CCSC1=O. The van der Waals surface area contributed by atoms with Crippen LogP contribution in [-0.2, 0) is 62.3 Å². The van der Waals surface area contributed by atoms with Gasteiger partial charge in [0, 0.05) is 98.9 Å². The molecule has 0 radical (unpaired) electrons. The van der Waals surface area contributed by atoms with Gasteiger partial charge in [-0.2, -0.15) is 5.26 Å². The maximum Gasteiger partial charge on any atom is 0.218 e. The molecular formula is C58H87N3O16S11. The standard InChI is InChI=1S/C7H12OS.C6H9NO2S.2C6H10OS.C5H5NOS.C5H8O2S.2C5H6O2S.C5H8OS.C4H7NOS.C4H6O2S/c1-2-3-6-4-5-9-7(6)8;1-4(8)7-5-2-3-10-6(5)9;1-6(2)3-4-8-5(6)7;1-2-5-3-4-8-6(5)7;4*6-3-4-1-2-8-5(4)7;1-4-2-3-5(6)7-4;2*5-3-1-2-7-4(3)6/h6H,2-5H2,1H3;5H,2-3H2,1H3,(H,7,8);3-4H2,1-2H3;5H,2-4H2,1H3;4H,1-2H2;4,6H,1-3H2;3,6H,1-2H2;3-4H,1-2H2;4H,2-3H2,1H3;3H,1-2,5H2;3,5H,1-2H2/b;;;;;;4-3-;;;;. The van der Waals surface area contributed by atoms with Gasteiger partial charge in [-0.3, -0.25) is 57.5 Å². The molecule has 11 aliphatic rings. The average molecular weight is 1440 g/mol. The minimum absolute atomic E-state index is 0.0208. The molecule has 11 heterocycles. The van der Waals surface area contributed by atoms with E-state index in [4.69, 9.17) is 26.3 Å². The summed E-state index contributed by atoms with van der Waals surface area (Å²) in [4.78, 5) is 137. The zero-order chi connectivity index (χ0) is 66.2. The summed E-state index contributed by atoms with van der Waals surface area (Å²) >= 11 is 14.9. The summed E-state index contributed by atoms with van der Waals surface area (Å²) < 4.78 is 0. The van der Waals surface area contributed by atoms with Gasteiger partial charge in [0.25, 0.3) is 0 Å². The number of nitrogens with zero attached hydrogens (tertiary/aromatic N) is 1. The molecule has 0 spiro atoms. The van der Waals surface area contributed by atoms with Gasteiger partial charge in [-0.25, -0.2) is 0 Å². The van der Waals surface area contributed by atoms with E-state index in [1.807, 2.05) is 19.9 Å². The van der Waals surface area contributed by atoms with Crippen molar-refractivity contribution in [2.45, 2.75) is 161 Å². The lowest BCUT2D eigenvalue weighted by atomic mass is 9.93. The van der Waals surface area contributed by atoms with E-state index in [1.54, 1.807) is 0 Å². The first-order valence-electron chi connectivity index (χ1n) is 29.2. The van der Waals surface area contributed by atoms with Crippen molar-refractivity contribution in [3.63, 3.8) is 0 Å². The molecule has 6 N–H and O–H groups in total. The summed E-state index contributed by atoms with van der Waals surface area (Å²) in [6, 6.07) is 1.56. The third kappa shape index (κ3) is 36.1. The monoisotopic (exact) mass is 1430 g/mol. The van der Waals surface area contributed by atoms with Gasteiger partial charge in [-0.05, 0) is 83.5 Å². The number of carbonyl (C=O) groups is 13. The fourth-order valence-corrected chi connectivity index (χ4v) is 18.7. The number of carbonyl (C=O) groups excluding carboxylic acids is 13. The number of nitriles is 1. The van der Waals surface area contributed by atoms with Gasteiger partial charge in [0.2, 0.25) is 31.5 Å². The van der Waals surface area contributed by atoms with E-state index < -0.39 is 6.10 Å². The van der Waals surface area contributed by atoms with E-state index in [0.29, 0.717) is 49.5 Å². The van der Waals surface area contributed by atoms with Crippen LogP contribution in [0.3, 0.4) is 0 Å². The van der Waals surface area contributed by atoms with Crippen LogP contribution in [0.5, 0.6) is 0 Å². The number of aliphatic hydroxyl groups excluding tert-OH is 3. The summed E-state index contributed by atoms with van der Waals surface area (Å²) in [5, 5.41) is 38.9. The van der Waals surface area contributed by atoms with Crippen LogP contribution >= 0.6 is 129 Å². The third-order valence-corrected chi connectivity index (χ3v) is 25.0. The van der Waals surface area contributed by atoms with Gasteiger partial charge in [0.1, 0.15) is 18.3 Å². The number of aldehydes is 1. The Hall–Kier alpha value is -1.73. The molecular weight excluding hydrogens is 1350 g/mol. The van der Waals surface area contributed by atoms with Crippen molar-refractivity contribution in [1.82, 2.24) is 5.32 Å². The predicted molar refractivity (Wildman–Crippen MR) is 370 cm³/mol. The fourth-order valence-electron chi connectivity index (χ4n) is 7.80. The zero-order valence-corrected chi connectivity index (χ0v) is 59.9. The molecule has 0 aromatic carbocycles. The molecule has 0 aromatic rings. The molecule has 19 nitrogen and oxygen atoms in total. The molecule has 11 aliphatic heterocycles. The number of aliphatic hydroxyl groups is 3. The lowest BCUT2D eigenvalue weighted by Crippen LogP contribution is -2.35. The number of nitrogens with two attached hydrogens (primary N) is 1. The summed E-state index contributed by atoms with van der Waals surface area (Å²) in [6.45, 7) is 11.8. The van der Waals surface area contributed by atoms with Gasteiger partial charge in [-0.15, -0.1) is 0 Å². The van der Waals surface area contributed by atoms with Crippen molar-refractivity contribution >= 4 is 198 Å². The highest BCUT2D eigenvalue weighted by Crippen LogP contribution is 2.36. The number of rotatable bonds is 6. The van der Waals surface area contributed by atoms with Crippen molar-refractivity contribution in [3.05, 3.63) is 11.8 Å². The van der Waals surface area contributed by atoms with Gasteiger partial charge in [0.05, 0.1) is 42.9 Å². The predicted octanol–water partition coefficient (Wildman–Crippen LogP) is 9.59. The van der Waals surface area contributed by atoms with Crippen LogP contribution in [-0.4, -0.2) is 171 Å². The summed E-state index contributed by atoms with van der Waals surface area (Å²) in [5.41, 5.74) is 5.84. The van der Waals surface area contributed by atoms with E-state index in [1.165, 1.54) is 136 Å². The quantitative estimate of drug-likeness (QED) is 0.0714. The Bertz CT molecular complexity index is 2350. The van der Waals surface area contributed by atoms with Crippen LogP contribution in [0.25, 0.3) is 0 Å². The van der Waals surface area contributed by atoms with Gasteiger partial charge >= 0.3 is 0 Å². The van der Waals surface area contributed by atoms with Crippen molar-refractivity contribution < 1.29 is 77.6 Å². The molecule has 496 valence electrons. The Morgan fingerprint density at radius 2 is 1.15 bits per heavy atom. The second kappa shape index (κ2) is 48.9. The molecule has 11 fully saturated rings. The molecule has 0 aliphatic carbocycles. The largest absolute Gasteiger partial charge is 0.515 e. The topological polar surface area (TPSA) is 344 Å². The molecule has 11 rings (SSSR count). The number of hydrogen-bond acceptors (Lipinski definition) is 29. The highest BCUT2D eigenvalue weighted by Gasteiger charge is 2.33. The molecule has 11 saturated heterocycles. The second-order valence-electron chi connectivity index (χ2n) is 21.1. The molecule has 0 saturated carbocycles. The summed E-state index contributed by atoms with van der Waals surface area (Å²) in [7, 11) is 0. The number of nitrogens with one attached hydrogen (secondary N) is 1. The highest BCUT2D eigenvalue weighted by molar-refractivity contribution is 8.16. The fraction of sp³-hybridized carbons (Fsp3) is 0.724. The summed E-state index contributed by atoms with van der Waals surface area (Å²) in [6.07, 6.45) is 14.8. The third-order valence-electron chi connectivity index (χ3n) is 13.5. The number of amides is 1. The minimum Gasteiger partial charge on any atom is -0.515 e. The van der Waals surface area contributed by atoms with Crippen molar-refractivity contribution in [2.75, 3.05) is 64.1 Å². The van der Waals surface area contributed by atoms with Crippen molar-refractivity contribution in [1.29, 1.82) is 5.26 Å². The van der Waals surface area contributed by atoms with E-state index in [2.05, 4.69) is 26.1 Å². The minimum atomic E-state index is -0.662. The van der Waals surface area contributed by atoms with Crippen LogP contribution in [0.2, 0.25) is 0 Å². The van der Waals surface area contributed by atoms with Crippen LogP contribution in [0.1, 0.15) is 138 Å². The van der Waals surface area contributed by atoms with E-state index in [-0.39, 0.29) is 83.6 Å². The van der Waals surface area contributed by atoms with E-state index in [9.17, 15) is 62.3 Å². The van der Waals surface area contributed by atoms with Gasteiger partial charge in [-0.1, -0.05) is 170 Å². The van der Waals surface area contributed by atoms with Crippen molar-refractivity contribution in [3.8, 4) is 6.07 Å². The Kier molecular flexibility index (Phi) is 46.8. The maximum atomic E-state index is 10.9. The average Bonchev–Trinajstić information content (AvgIpc) is 4.50. The van der Waals surface area contributed by atoms with E-state index >= 15 is 0 Å². The molecule has 9 atom stereocenters. The van der Waals surface area contributed by atoms with Crippen molar-refractivity contribution in [2.24, 2.45) is 40.7 Å². The molecule has 30 heteroatoms. The van der Waals surface area contributed by atoms with Crippen LogP contribution in [0.15, 0.2) is 11.8 Å². The lowest BCUT2D eigenvalue weighted by Gasteiger charge is -2.10. The van der Waals surface area contributed by atoms with Crippen LogP contribution in [0, 0.1) is 46.3 Å². The van der Waals surface area contributed by atoms with Crippen LogP contribution < -0.4 is 11.1 Å².